The Bertz CT molecular complexity index is 392. The summed E-state index contributed by atoms with van der Waals surface area (Å²) in [7, 11) is 1.65. The molecule has 0 spiro atoms. The van der Waals surface area contributed by atoms with Crippen LogP contribution in [-0.2, 0) is 9.53 Å². The van der Waals surface area contributed by atoms with Crippen LogP contribution in [0.5, 0.6) is 0 Å². The summed E-state index contributed by atoms with van der Waals surface area (Å²) < 4.78 is 17.9. The highest BCUT2D eigenvalue weighted by atomic mass is 19.1. The third-order valence-corrected chi connectivity index (χ3v) is 3.26. The zero-order valence-corrected chi connectivity index (χ0v) is 12.3. The highest BCUT2D eigenvalue weighted by Gasteiger charge is 2.15. The van der Waals surface area contributed by atoms with E-state index in [1.807, 2.05) is 0 Å². The second-order valence-electron chi connectivity index (χ2n) is 4.94. The Morgan fingerprint density at radius 1 is 1.35 bits per heavy atom. The standard InChI is InChI=1S/C16H24FNO2/c1-3-5-14(13-6-8-15(17)9-7-13)12-16(19)18-10-4-11-20-2/h6-9,14H,3-5,10-12H2,1-2H3,(H,18,19). The molecule has 0 heterocycles. The largest absolute Gasteiger partial charge is 0.385 e. The van der Waals surface area contributed by atoms with E-state index in [1.165, 1.54) is 12.1 Å². The van der Waals surface area contributed by atoms with E-state index in [2.05, 4.69) is 12.2 Å². The molecule has 1 aromatic rings. The van der Waals surface area contributed by atoms with Gasteiger partial charge in [0.25, 0.3) is 0 Å². The van der Waals surface area contributed by atoms with E-state index in [9.17, 15) is 9.18 Å². The summed E-state index contributed by atoms with van der Waals surface area (Å²) in [6.07, 6.45) is 3.19. The van der Waals surface area contributed by atoms with E-state index in [-0.39, 0.29) is 17.6 Å². The van der Waals surface area contributed by atoms with Gasteiger partial charge in [-0.1, -0.05) is 25.5 Å². The molecule has 0 aliphatic rings. The number of methoxy groups -OCH3 is 1. The van der Waals surface area contributed by atoms with E-state index in [0.29, 0.717) is 19.6 Å². The number of hydrogen-bond donors (Lipinski definition) is 1. The molecule has 1 amide bonds. The van der Waals surface area contributed by atoms with Gasteiger partial charge in [-0.25, -0.2) is 4.39 Å². The van der Waals surface area contributed by atoms with Crippen molar-refractivity contribution in [1.29, 1.82) is 0 Å². The van der Waals surface area contributed by atoms with Gasteiger partial charge in [-0.3, -0.25) is 4.79 Å². The van der Waals surface area contributed by atoms with Crippen LogP contribution in [0, 0.1) is 5.82 Å². The summed E-state index contributed by atoms with van der Waals surface area (Å²) in [5, 5.41) is 2.89. The van der Waals surface area contributed by atoms with Crippen molar-refractivity contribution in [2.45, 2.75) is 38.5 Å². The third-order valence-electron chi connectivity index (χ3n) is 3.26. The highest BCUT2D eigenvalue weighted by molar-refractivity contribution is 5.76. The summed E-state index contributed by atoms with van der Waals surface area (Å²) in [6, 6.07) is 6.45. The van der Waals surface area contributed by atoms with Crippen LogP contribution in [0.2, 0.25) is 0 Å². The smallest absolute Gasteiger partial charge is 0.220 e. The predicted molar refractivity (Wildman–Crippen MR) is 78.2 cm³/mol. The molecule has 0 saturated carbocycles. The monoisotopic (exact) mass is 281 g/mol. The molecule has 1 atom stereocenters. The van der Waals surface area contributed by atoms with Gasteiger partial charge in [0.2, 0.25) is 5.91 Å². The minimum Gasteiger partial charge on any atom is -0.385 e. The molecular weight excluding hydrogens is 257 g/mol. The fourth-order valence-corrected chi connectivity index (χ4v) is 2.21. The van der Waals surface area contributed by atoms with Gasteiger partial charge in [0.05, 0.1) is 0 Å². The molecule has 1 aromatic carbocycles. The van der Waals surface area contributed by atoms with Crippen molar-refractivity contribution >= 4 is 5.91 Å². The molecule has 0 aliphatic heterocycles. The Morgan fingerprint density at radius 3 is 2.65 bits per heavy atom. The van der Waals surface area contributed by atoms with Crippen molar-refractivity contribution in [2.24, 2.45) is 0 Å². The molecule has 0 fully saturated rings. The lowest BCUT2D eigenvalue weighted by Crippen LogP contribution is -2.26. The van der Waals surface area contributed by atoms with Crippen LogP contribution < -0.4 is 5.32 Å². The Balaban J connectivity index is 2.49. The number of halogens is 1. The van der Waals surface area contributed by atoms with E-state index < -0.39 is 0 Å². The van der Waals surface area contributed by atoms with Crippen LogP contribution in [0.3, 0.4) is 0 Å². The van der Waals surface area contributed by atoms with Gasteiger partial charge in [0.1, 0.15) is 5.82 Å². The first-order valence-corrected chi connectivity index (χ1v) is 7.18. The SMILES string of the molecule is CCCC(CC(=O)NCCCOC)c1ccc(F)cc1. The zero-order chi connectivity index (χ0) is 14.8. The minimum absolute atomic E-state index is 0.0453. The first-order chi connectivity index (χ1) is 9.67. The van der Waals surface area contributed by atoms with Crippen LogP contribution in [0.15, 0.2) is 24.3 Å². The lowest BCUT2D eigenvalue weighted by Gasteiger charge is -2.16. The van der Waals surface area contributed by atoms with Crippen molar-refractivity contribution in [3.8, 4) is 0 Å². The second kappa shape index (κ2) is 9.48. The van der Waals surface area contributed by atoms with E-state index >= 15 is 0 Å². The summed E-state index contributed by atoms with van der Waals surface area (Å²) >= 11 is 0. The van der Waals surface area contributed by atoms with Gasteiger partial charge in [-0.05, 0) is 36.5 Å². The second-order valence-corrected chi connectivity index (χ2v) is 4.94. The molecule has 0 saturated heterocycles. The van der Waals surface area contributed by atoms with Crippen LogP contribution in [0.1, 0.15) is 44.1 Å². The molecule has 1 N–H and O–H groups in total. The molecule has 0 aliphatic carbocycles. The Hall–Kier alpha value is -1.42. The topological polar surface area (TPSA) is 38.3 Å². The number of hydrogen-bond acceptors (Lipinski definition) is 2. The van der Waals surface area contributed by atoms with E-state index in [0.717, 1.165) is 24.8 Å². The number of rotatable bonds is 9. The summed E-state index contributed by atoms with van der Waals surface area (Å²) in [5.41, 5.74) is 1.03. The number of amides is 1. The number of benzene rings is 1. The Morgan fingerprint density at radius 2 is 2.05 bits per heavy atom. The van der Waals surface area contributed by atoms with Crippen molar-refractivity contribution < 1.29 is 13.9 Å². The van der Waals surface area contributed by atoms with E-state index in [4.69, 9.17) is 4.74 Å². The molecule has 1 unspecified atom stereocenters. The van der Waals surface area contributed by atoms with Crippen molar-refractivity contribution in [3.63, 3.8) is 0 Å². The average Bonchev–Trinajstić information content (AvgIpc) is 2.44. The molecule has 0 aromatic heterocycles. The van der Waals surface area contributed by atoms with Gasteiger partial charge in [0, 0.05) is 26.7 Å². The fourth-order valence-electron chi connectivity index (χ4n) is 2.21. The minimum atomic E-state index is -0.243. The van der Waals surface area contributed by atoms with Gasteiger partial charge >= 0.3 is 0 Å². The maximum atomic E-state index is 12.9. The molecule has 0 radical (unpaired) electrons. The summed E-state index contributed by atoms with van der Waals surface area (Å²) in [5.74, 6) is -0.0417. The lowest BCUT2D eigenvalue weighted by molar-refractivity contribution is -0.121. The molecule has 1 rings (SSSR count). The molecule has 0 bridgehead atoms. The van der Waals surface area contributed by atoms with Crippen molar-refractivity contribution in [3.05, 3.63) is 35.6 Å². The van der Waals surface area contributed by atoms with Crippen molar-refractivity contribution in [1.82, 2.24) is 5.32 Å². The first kappa shape index (κ1) is 16.6. The van der Waals surface area contributed by atoms with Gasteiger partial charge < -0.3 is 10.1 Å². The molecule has 4 heteroatoms. The lowest BCUT2D eigenvalue weighted by atomic mass is 9.91. The van der Waals surface area contributed by atoms with Crippen molar-refractivity contribution in [2.75, 3.05) is 20.3 Å². The third kappa shape index (κ3) is 6.15. The fraction of sp³-hybridized carbons (Fsp3) is 0.562. The van der Waals surface area contributed by atoms with Crippen LogP contribution in [0.4, 0.5) is 4.39 Å². The predicted octanol–water partition coefficient (Wildman–Crippen LogP) is 3.25. The zero-order valence-electron chi connectivity index (χ0n) is 12.3. The maximum Gasteiger partial charge on any atom is 0.220 e. The quantitative estimate of drug-likeness (QED) is 0.706. The number of carbonyl (C=O) groups is 1. The van der Waals surface area contributed by atoms with Crippen LogP contribution in [0.25, 0.3) is 0 Å². The number of ether oxygens (including phenoxy) is 1. The molecule has 3 nitrogen and oxygen atoms in total. The van der Waals surface area contributed by atoms with Gasteiger partial charge in [-0.15, -0.1) is 0 Å². The number of carbonyl (C=O) groups excluding carboxylic acids is 1. The Labute approximate surface area is 120 Å². The normalized spacial score (nSPS) is 12.2. The first-order valence-electron chi connectivity index (χ1n) is 7.18. The molecule has 112 valence electrons. The maximum absolute atomic E-state index is 12.9. The molecule has 20 heavy (non-hydrogen) atoms. The van der Waals surface area contributed by atoms with Gasteiger partial charge in [0.15, 0.2) is 0 Å². The number of nitrogens with one attached hydrogen (secondary N) is 1. The van der Waals surface area contributed by atoms with E-state index in [1.54, 1.807) is 19.2 Å². The average molecular weight is 281 g/mol. The Kier molecular flexibility index (Phi) is 7.88. The highest BCUT2D eigenvalue weighted by Crippen LogP contribution is 2.25. The van der Waals surface area contributed by atoms with Crippen LogP contribution >= 0.6 is 0 Å². The summed E-state index contributed by atoms with van der Waals surface area (Å²) in [6.45, 7) is 3.37. The summed E-state index contributed by atoms with van der Waals surface area (Å²) in [4.78, 5) is 11.9. The molecular formula is C16H24FNO2. The van der Waals surface area contributed by atoms with Crippen LogP contribution in [-0.4, -0.2) is 26.2 Å². The van der Waals surface area contributed by atoms with Gasteiger partial charge in [-0.2, -0.15) is 0 Å².